The molecule has 1 aliphatic heterocycles. The molecule has 0 N–H and O–H groups in total. The summed E-state index contributed by atoms with van der Waals surface area (Å²) in [6, 6.07) is 10.4. The van der Waals surface area contributed by atoms with Crippen molar-refractivity contribution in [2.75, 3.05) is 0 Å². The summed E-state index contributed by atoms with van der Waals surface area (Å²) in [5.74, 6) is -0.00126. The predicted molar refractivity (Wildman–Crippen MR) is 77.2 cm³/mol. The minimum atomic E-state index is -0.199. The minimum absolute atomic E-state index is 0.00306. The second kappa shape index (κ2) is 5.20. The second-order valence-corrected chi connectivity index (χ2v) is 6.90. The van der Waals surface area contributed by atoms with E-state index in [9.17, 15) is 4.79 Å². The van der Waals surface area contributed by atoms with Crippen molar-refractivity contribution in [1.82, 2.24) is 0 Å². The quantitative estimate of drug-likeness (QED) is 0.762. The molecule has 1 aliphatic carbocycles. The summed E-state index contributed by atoms with van der Waals surface area (Å²) < 4.78 is 5.83. The summed E-state index contributed by atoms with van der Waals surface area (Å²) in [6.45, 7) is 2.02. The summed E-state index contributed by atoms with van der Waals surface area (Å²) in [7, 11) is 0. The van der Waals surface area contributed by atoms with Crippen molar-refractivity contribution in [3.05, 3.63) is 30.3 Å². The molecule has 0 bridgehead atoms. The van der Waals surface area contributed by atoms with Crippen LogP contribution in [0, 0.1) is 5.92 Å². The zero-order chi connectivity index (χ0) is 13.3. The summed E-state index contributed by atoms with van der Waals surface area (Å²) in [5.41, 5.74) is -0.199. The third kappa shape index (κ3) is 2.40. The van der Waals surface area contributed by atoms with E-state index >= 15 is 0 Å². The van der Waals surface area contributed by atoms with E-state index in [-0.39, 0.29) is 22.7 Å². The molecule has 19 heavy (non-hydrogen) atoms. The van der Waals surface area contributed by atoms with Gasteiger partial charge in [-0.1, -0.05) is 31.5 Å². The van der Waals surface area contributed by atoms with Crippen LogP contribution < -0.4 is 0 Å². The number of carbonyl (C=O) groups is 1. The number of esters is 1. The van der Waals surface area contributed by atoms with Crippen LogP contribution in [0.2, 0.25) is 0 Å². The van der Waals surface area contributed by atoms with E-state index in [2.05, 4.69) is 24.3 Å². The van der Waals surface area contributed by atoms with Crippen LogP contribution in [0.3, 0.4) is 0 Å². The summed E-state index contributed by atoms with van der Waals surface area (Å²) in [4.78, 5) is 13.3. The molecule has 2 atom stereocenters. The highest BCUT2D eigenvalue weighted by atomic mass is 32.2. The number of ether oxygens (including phenoxy) is 1. The number of hydrogen-bond acceptors (Lipinski definition) is 3. The van der Waals surface area contributed by atoms with Gasteiger partial charge in [0, 0.05) is 4.90 Å². The number of carbonyl (C=O) groups excluding carboxylic acids is 1. The van der Waals surface area contributed by atoms with E-state index < -0.39 is 0 Å². The smallest absolute Gasteiger partial charge is 0.310 e. The molecule has 0 unspecified atom stereocenters. The molecule has 1 aromatic rings. The van der Waals surface area contributed by atoms with Crippen LogP contribution >= 0.6 is 11.8 Å². The number of benzene rings is 1. The molecule has 1 saturated carbocycles. The summed E-state index contributed by atoms with van der Waals surface area (Å²) >= 11 is 1.82. The Morgan fingerprint density at radius 3 is 2.53 bits per heavy atom. The van der Waals surface area contributed by atoms with Gasteiger partial charge in [0.25, 0.3) is 0 Å². The van der Waals surface area contributed by atoms with Gasteiger partial charge in [0.05, 0.1) is 11.2 Å². The van der Waals surface area contributed by atoms with Crippen LogP contribution in [0.1, 0.15) is 39.0 Å². The topological polar surface area (TPSA) is 26.3 Å². The van der Waals surface area contributed by atoms with Gasteiger partial charge in [-0.05, 0) is 37.8 Å². The van der Waals surface area contributed by atoms with Crippen LogP contribution in [0.5, 0.6) is 0 Å². The molecule has 2 fully saturated rings. The van der Waals surface area contributed by atoms with Gasteiger partial charge < -0.3 is 4.74 Å². The highest BCUT2D eigenvalue weighted by Crippen LogP contribution is 2.49. The normalized spacial score (nSPS) is 29.4. The van der Waals surface area contributed by atoms with Crippen molar-refractivity contribution in [1.29, 1.82) is 0 Å². The first-order valence-corrected chi connectivity index (χ1v) is 8.04. The molecule has 0 aromatic heterocycles. The van der Waals surface area contributed by atoms with E-state index in [0.717, 1.165) is 12.8 Å². The van der Waals surface area contributed by atoms with Crippen molar-refractivity contribution in [3.8, 4) is 0 Å². The van der Waals surface area contributed by atoms with Gasteiger partial charge in [-0.3, -0.25) is 4.79 Å². The first kappa shape index (κ1) is 13.0. The maximum atomic E-state index is 12.0. The lowest BCUT2D eigenvalue weighted by Crippen LogP contribution is -2.40. The lowest BCUT2D eigenvalue weighted by molar-refractivity contribution is -0.152. The molecule has 2 nitrogen and oxygen atoms in total. The Morgan fingerprint density at radius 2 is 1.84 bits per heavy atom. The lowest BCUT2D eigenvalue weighted by atomic mass is 9.80. The fourth-order valence-corrected chi connectivity index (χ4v) is 4.74. The van der Waals surface area contributed by atoms with Crippen LogP contribution in [0.15, 0.2) is 35.2 Å². The average molecular weight is 276 g/mol. The maximum absolute atomic E-state index is 12.0. The monoisotopic (exact) mass is 276 g/mol. The highest BCUT2D eigenvalue weighted by Gasteiger charge is 2.54. The molecule has 1 heterocycles. The SMILES string of the molecule is C[C@H]1C(=O)OC2(CCCCC2)[C@@H]1Sc1ccccc1. The van der Waals surface area contributed by atoms with E-state index in [1.54, 1.807) is 0 Å². The Kier molecular flexibility index (Phi) is 3.57. The van der Waals surface area contributed by atoms with Crippen molar-refractivity contribution >= 4 is 17.7 Å². The Balaban J connectivity index is 1.85. The van der Waals surface area contributed by atoms with Gasteiger partial charge in [-0.25, -0.2) is 0 Å². The second-order valence-electron chi connectivity index (χ2n) is 5.69. The molecule has 3 rings (SSSR count). The van der Waals surface area contributed by atoms with Crippen molar-refractivity contribution in [3.63, 3.8) is 0 Å². The van der Waals surface area contributed by atoms with Crippen LogP contribution in [0.4, 0.5) is 0 Å². The standard InChI is InChI=1S/C16H20O2S/c1-12-14(19-13-8-4-2-5-9-13)16(18-15(12)17)10-6-3-7-11-16/h2,4-5,8-9,12,14H,3,6-7,10-11H2,1H3/t12-,14-/m1/s1. The fourth-order valence-electron chi connectivity index (χ4n) is 3.32. The van der Waals surface area contributed by atoms with E-state index in [0.29, 0.717) is 0 Å². The van der Waals surface area contributed by atoms with Gasteiger partial charge in [-0.2, -0.15) is 0 Å². The molecule has 3 heteroatoms. The molecular weight excluding hydrogens is 256 g/mol. The Bertz CT molecular complexity index is 451. The van der Waals surface area contributed by atoms with E-state index in [1.807, 2.05) is 24.8 Å². The van der Waals surface area contributed by atoms with Gasteiger partial charge in [0.2, 0.25) is 0 Å². The van der Waals surface area contributed by atoms with Crippen LogP contribution in [-0.2, 0) is 9.53 Å². The zero-order valence-corrected chi connectivity index (χ0v) is 12.1. The fraction of sp³-hybridized carbons (Fsp3) is 0.562. The maximum Gasteiger partial charge on any atom is 0.310 e. The molecule has 0 amide bonds. The molecule has 0 radical (unpaired) electrons. The number of thioether (sulfide) groups is 1. The Morgan fingerprint density at radius 1 is 1.16 bits per heavy atom. The third-order valence-electron chi connectivity index (χ3n) is 4.35. The zero-order valence-electron chi connectivity index (χ0n) is 11.3. The third-order valence-corrected chi connectivity index (χ3v) is 5.99. The summed E-state index contributed by atoms with van der Waals surface area (Å²) in [6.07, 6.45) is 5.72. The molecule has 1 aromatic carbocycles. The average Bonchev–Trinajstić information content (AvgIpc) is 2.66. The van der Waals surface area contributed by atoms with E-state index in [1.165, 1.54) is 24.2 Å². The molecular formula is C16H20O2S. The summed E-state index contributed by atoms with van der Waals surface area (Å²) in [5, 5.41) is 0.266. The van der Waals surface area contributed by atoms with Crippen LogP contribution in [-0.4, -0.2) is 16.8 Å². The first-order valence-electron chi connectivity index (χ1n) is 7.16. The molecule has 102 valence electrons. The number of hydrogen-bond donors (Lipinski definition) is 0. The molecule has 1 spiro atoms. The van der Waals surface area contributed by atoms with Crippen LogP contribution in [0.25, 0.3) is 0 Å². The van der Waals surface area contributed by atoms with Gasteiger partial charge >= 0.3 is 5.97 Å². The van der Waals surface area contributed by atoms with Gasteiger partial charge in [-0.15, -0.1) is 11.8 Å². The minimum Gasteiger partial charge on any atom is -0.458 e. The lowest BCUT2D eigenvalue weighted by Gasteiger charge is -2.37. The van der Waals surface area contributed by atoms with Crippen molar-refractivity contribution in [2.24, 2.45) is 5.92 Å². The first-order chi connectivity index (χ1) is 9.21. The van der Waals surface area contributed by atoms with Crippen molar-refractivity contribution in [2.45, 2.75) is 54.8 Å². The van der Waals surface area contributed by atoms with E-state index in [4.69, 9.17) is 4.74 Å². The van der Waals surface area contributed by atoms with Crippen molar-refractivity contribution < 1.29 is 9.53 Å². The molecule has 1 saturated heterocycles. The Labute approximate surface area is 118 Å². The predicted octanol–water partition coefficient (Wildman–Crippen LogP) is 4.04. The number of rotatable bonds is 2. The van der Waals surface area contributed by atoms with Gasteiger partial charge in [0.15, 0.2) is 0 Å². The van der Waals surface area contributed by atoms with Gasteiger partial charge in [0.1, 0.15) is 5.60 Å². The molecule has 2 aliphatic rings. The Hall–Kier alpha value is -0.960. The highest BCUT2D eigenvalue weighted by molar-refractivity contribution is 8.00. The largest absolute Gasteiger partial charge is 0.458 e.